The molecule has 0 unspecified atom stereocenters. The summed E-state index contributed by atoms with van der Waals surface area (Å²) in [6.45, 7) is 10.2. The van der Waals surface area contributed by atoms with Gasteiger partial charge in [-0.15, -0.1) is 0 Å². The highest BCUT2D eigenvalue weighted by molar-refractivity contribution is 5.32. The first-order valence-corrected chi connectivity index (χ1v) is 8.28. The molecule has 1 aromatic rings. The number of benzene rings is 1. The van der Waals surface area contributed by atoms with Gasteiger partial charge in [0.05, 0.1) is 13.2 Å². The average molecular weight is 293 g/mol. The number of rotatable bonds is 12. The van der Waals surface area contributed by atoms with Gasteiger partial charge in [-0.25, -0.2) is 0 Å². The van der Waals surface area contributed by atoms with Crippen molar-refractivity contribution in [1.29, 1.82) is 0 Å². The summed E-state index contributed by atoms with van der Waals surface area (Å²) >= 11 is 0. The van der Waals surface area contributed by atoms with Gasteiger partial charge in [-0.3, -0.25) is 0 Å². The summed E-state index contributed by atoms with van der Waals surface area (Å²) in [4.78, 5) is 0. The van der Waals surface area contributed by atoms with E-state index in [4.69, 9.17) is 9.47 Å². The van der Waals surface area contributed by atoms with Crippen LogP contribution in [-0.4, -0.2) is 26.3 Å². The zero-order valence-corrected chi connectivity index (χ0v) is 13.9. The van der Waals surface area contributed by atoms with E-state index >= 15 is 0 Å². The maximum Gasteiger partial charge on any atom is 0.122 e. The molecular formula is C18H31NO2. The zero-order valence-electron chi connectivity index (χ0n) is 13.9. The molecule has 0 spiro atoms. The van der Waals surface area contributed by atoms with Crippen LogP contribution in [0.25, 0.3) is 0 Å². The van der Waals surface area contributed by atoms with Crippen molar-refractivity contribution in [3.05, 3.63) is 24.3 Å². The maximum absolute atomic E-state index is 5.76. The molecule has 0 aromatic heterocycles. The normalized spacial score (nSPS) is 10.9. The van der Waals surface area contributed by atoms with Crippen molar-refractivity contribution < 1.29 is 9.47 Å². The van der Waals surface area contributed by atoms with Crippen LogP contribution >= 0.6 is 0 Å². The van der Waals surface area contributed by atoms with Gasteiger partial charge in [-0.05, 0) is 50.9 Å². The Morgan fingerprint density at radius 3 is 2.43 bits per heavy atom. The first-order chi connectivity index (χ1) is 10.2. The molecule has 1 rings (SSSR count). The molecule has 0 aliphatic rings. The van der Waals surface area contributed by atoms with Crippen molar-refractivity contribution in [2.75, 3.05) is 26.3 Å². The van der Waals surface area contributed by atoms with E-state index in [1.807, 2.05) is 31.2 Å². The van der Waals surface area contributed by atoms with Crippen molar-refractivity contribution >= 4 is 0 Å². The molecule has 0 bridgehead atoms. The molecule has 0 fully saturated rings. The molecule has 3 nitrogen and oxygen atoms in total. The molecule has 0 aliphatic heterocycles. The lowest BCUT2D eigenvalue weighted by Crippen LogP contribution is -2.20. The highest BCUT2D eigenvalue weighted by Gasteiger charge is 1.98. The van der Waals surface area contributed by atoms with Gasteiger partial charge in [0.2, 0.25) is 0 Å². The van der Waals surface area contributed by atoms with Crippen molar-refractivity contribution in [2.45, 2.75) is 46.5 Å². The third kappa shape index (κ3) is 9.35. The van der Waals surface area contributed by atoms with Gasteiger partial charge in [-0.1, -0.05) is 32.8 Å². The Morgan fingerprint density at radius 2 is 1.71 bits per heavy atom. The second-order valence-electron chi connectivity index (χ2n) is 5.77. The minimum atomic E-state index is 0.689. The summed E-state index contributed by atoms with van der Waals surface area (Å²) < 4.78 is 11.2. The highest BCUT2D eigenvalue weighted by Crippen LogP contribution is 2.19. The summed E-state index contributed by atoms with van der Waals surface area (Å²) in [5, 5.41) is 3.47. The van der Waals surface area contributed by atoms with Crippen molar-refractivity contribution in [2.24, 2.45) is 5.92 Å². The lowest BCUT2D eigenvalue weighted by atomic mass is 10.2. The third-order valence-electron chi connectivity index (χ3n) is 3.19. The molecule has 0 aliphatic carbocycles. The average Bonchev–Trinajstić information content (AvgIpc) is 2.46. The molecule has 0 amide bonds. The molecule has 21 heavy (non-hydrogen) atoms. The van der Waals surface area contributed by atoms with Crippen LogP contribution in [0.3, 0.4) is 0 Å². The molecule has 1 N–H and O–H groups in total. The molecule has 0 radical (unpaired) electrons. The fourth-order valence-corrected chi connectivity index (χ4v) is 2.11. The SMILES string of the molecule is CCOc1cccc(OCCCCCCNCC(C)C)c1. The third-order valence-corrected chi connectivity index (χ3v) is 3.19. The van der Waals surface area contributed by atoms with Gasteiger partial charge in [0.15, 0.2) is 0 Å². The van der Waals surface area contributed by atoms with E-state index in [9.17, 15) is 0 Å². The van der Waals surface area contributed by atoms with Gasteiger partial charge >= 0.3 is 0 Å². The number of ether oxygens (including phenoxy) is 2. The minimum absolute atomic E-state index is 0.689. The van der Waals surface area contributed by atoms with Gasteiger partial charge in [0.1, 0.15) is 11.5 Å². The highest BCUT2D eigenvalue weighted by atomic mass is 16.5. The second kappa shape index (κ2) is 11.4. The predicted molar refractivity (Wildman–Crippen MR) is 89.3 cm³/mol. The standard InChI is InChI=1S/C18H31NO2/c1-4-20-17-10-9-11-18(14-17)21-13-8-6-5-7-12-19-15-16(2)3/h9-11,14,16,19H,4-8,12-13,15H2,1-3H3. The van der Waals surface area contributed by atoms with Crippen LogP contribution in [0, 0.1) is 5.92 Å². The molecule has 0 heterocycles. The number of hydrogen-bond donors (Lipinski definition) is 1. The number of nitrogens with one attached hydrogen (secondary N) is 1. The van der Waals surface area contributed by atoms with E-state index in [2.05, 4.69) is 19.2 Å². The van der Waals surface area contributed by atoms with E-state index < -0.39 is 0 Å². The maximum atomic E-state index is 5.76. The first kappa shape index (κ1) is 17.8. The number of unbranched alkanes of at least 4 members (excludes halogenated alkanes) is 3. The molecule has 3 heteroatoms. The Balaban J connectivity index is 2.00. The van der Waals surface area contributed by atoms with Gasteiger partial charge in [0.25, 0.3) is 0 Å². The van der Waals surface area contributed by atoms with E-state index in [-0.39, 0.29) is 0 Å². The Morgan fingerprint density at radius 1 is 1.00 bits per heavy atom. The Bertz CT molecular complexity index is 366. The molecule has 0 atom stereocenters. The van der Waals surface area contributed by atoms with Crippen LogP contribution in [0.15, 0.2) is 24.3 Å². The van der Waals surface area contributed by atoms with Crippen LogP contribution in [0.5, 0.6) is 11.5 Å². The van der Waals surface area contributed by atoms with Gasteiger partial charge < -0.3 is 14.8 Å². The van der Waals surface area contributed by atoms with Crippen LogP contribution in [0.4, 0.5) is 0 Å². The first-order valence-electron chi connectivity index (χ1n) is 8.28. The summed E-state index contributed by atoms with van der Waals surface area (Å²) in [5.41, 5.74) is 0. The minimum Gasteiger partial charge on any atom is -0.494 e. The van der Waals surface area contributed by atoms with E-state index in [1.54, 1.807) is 0 Å². The van der Waals surface area contributed by atoms with Crippen molar-refractivity contribution in [1.82, 2.24) is 5.32 Å². The number of hydrogen-bond acceptors (Lipinski definition) is 3. The van der Waals surface area contributed by atoms with Crippen LogP contribution in [0.2, 0.25) is 0 Å². The Hall–Kier alpha value is -1.22. The summed E-state index contributed by atoms with van der Waals surface area (Å²) in [7, 11) is 0. The Labute approximate surface area is 130 Å². The quantitative estimate of drug-likeness (QED) is 0.584. The smallest absolute Gasteiger partial charge is 0.122 e. The van der Waals surface area contributed by atoms with E-state index in [1.165, 1.54) is 19.3 Å². The zero-order chi connectivity index (χ0) is 15.3. The van der Waals surface area contributed by atoms with E-state index in [0.717, 1.165) is 43.5 Å². The van der Waals surface area contributed by atoms with Gasteiger partial charge in [-0.2, -0.15) is 0 Å². The second-order valence-corrected chi connectivity index (χ2v) is 5.77. The molecule has 120 valence electrons. The molecule has 0 saturated heterocycles. The molecule has 1 aromatic carbocycles. The summed E-state index contributed by atoms with van der Waals surface area (Å²) in [5.74, 6) is 2.52. The van der Waals surface area contributed by atoms with Crippen molar-refractivity contribution in [3.8, 4) is 11.5 Å². The van der Waals surface area contributed by atoms with Crippen LogP contribution < -0.4 is 14.8 Å². The molecule has 0 saturated carbocycles. The van der Waals surface area contributed by atoms with E-state index in [0.29, 0.717) is 6.61 Å². The topological polar surface area (TPSA) is 30.5 Å². The van der Waals surface area contributed by atoms with Crippen LogP contribution in [-0.2, 0) is 0 Å². The molecular weight excluding hydrogens is 262 g/mol. The summed E-state index contributed by atoms with van der Waals surface area (Å²) in [6.07, 6.45) is 4.87. The van der Waals surface area contributed by atoms with Crippen LogP contribution in [0.1, 0.15) is 46.5 Å². The largest absolute Gasteiger partial charge is 0.494 e. The predicted octanol–water partition coefficient (Wildman–Crippen LogP) is 4.27. The fraction of sp³-hybridized carbons (Fsp3) is 0.667. The fourth-order valence-electron chi connectivity index (χ4n) is 2.11. The summed E-state index contributed by atoms with van der Waals surface area (Å²) in [6, 6.07) is 7.87. The monoisotopic (exact) mass is 293 g/mol. The van der Waals surface area contributed by atoms with Gasteiger partial charge in [0, 0.05) is 6.07 Å². The lowest BCUT2D eigenvalue weighted by Gasteiger charge is -2.09. The lowest BCUT2D eigenvalue weighted by molar-refractivity contribution is 0.298. The van der Waals surface area contributed by atoms with Crippen molar-refractivity contribution in [3.63, 3.8) is 0 Å². The Kier molecular flexibility index (Phi) is 9.71.